The number of benzene rings is 3. The second kappa shape index (κ2) is 12.0. The summed E-state index contributed by atoms with van der Waals surface area (Å²) in [7, 11) is 3.90. The third-order valence-corrected chi connectivity index (χ3v) is 7.08. The van der Waals surface area contributed by atoms with Crippen molar-refractivity contribution in [1.29, 1.82) is 0 Å². The molecule has 3 aromatic carbocycles. The van der Waals surface area contributed by atoms with Crippen LogP contribution in [0.15, 0.2) is 71.5 Å². The van der Waals surface area contributed by atoms with Crippen molar-refractivity contribution in [2.45, 2.75) is 26.3 Å². The van der Waals surface area contributed by atoms with Crippen molar-refractivity contribution < 1.29 is 4.79 Å². The van der Waals surface area contributed by atoms with Gasteiger partial charge in [0.2, 0.25) is 0 Å². The zero-order valence-electron chi connectivity index (χ0n) is 21.9. The van der Waals surface area contributed by atoms with E-state index in [0.29, 0.717) is 57.7 Å². The highest BCUT2D eigenvalue weighted by Crippen LogP contribution is 2.29. The minimum atomic E-state index is -0.490. The van der Waals surface area contributed by atoms with Crippen molar-refractivity contribution in [1.82, 2.24) is 19.4 Å². The summed E-state index contributed by atoms with van der Waals surface area (Å²) in [6.07, 6.45) is 0.540. The Kier molecular flexibility index (Phi) is 8.72. The number of halogens is 2. The fourth-order valence-electron chi connectivity index (χ4n) is 4.41. The van der Waals surface area contributed by atoms with Gasteiger partial charge in [-0.05, 0) is 75.5 Å². The highest BCUT2D eigenvalue weighted by Gasteiger charge is 2.29. The molecule has 0 fully saturated rings. The summed E-state index contributed by atoms with van der Waals surface area (Å²) in [5.74, 6) is 0.504. The number of rotatable bonds is 8. The molecule has 4 aromatic rings. The Morgan fingerprint density at radius 3 is 2.45 bits per heavy atom. The van der Waals surface area contributed by atoms with E-state index in [-0.39, 0.29) is 11.6 Å². The zero-order chi connectivity index (χ0) is 27.4. The number of amides is 2. The fourth-order valence-corrected chi connectivity index (χ4v) is 4.71. The molecule has 0 saturated heterocycles. The van der Waals surface area contributed by atoms with Gasteiger partial charge in [-0.2, -0.15) is 0 Å². The van der Waals surface area contributed by atoms with E-state index in [9.17, 15) is 9.59 Å². The Hall–Kier alpha value is -3.39. The lowest BCUT2D eigenvalue weighted by Crippen LogP contribution is -2.43. The van der Waals surface area contributed by atoms with Crippen molar-refractivity contribution in [2.24, 2.45) is 0 Å². The Labute approximate surface area is 232 Å². The lowest BCUT2D eigenvalue weighted by Gasteiger charge is -2.33. The number of anilines is 1. The van der Waals surface area contributed by atoms with Gasteiger partial charge in [0.25, 0.3) is 5.56 Å². The van der Waals surface area contributed by atoms with Crippen molar-refractivity contribution in [3.8, 4) is 5.69 Å². The number of hydrogen-bond acceptors (Lipinski definition) is 4. The van der Waals surface area contributed by atoms with Gasteiger partial charge in [0.1, 0.15) is 5.82 Å². The molecule has 4 rings (SSSR count). The van der Waals surface area contributed by atoms with Crippen molar-refractivity contribution in [3.05, 3.63) is 98.5 Å². The predicted octanol–water partition coefficient (Wildman–Crippen LogP) is 6.55. The third-order valence-electron chi connectivity index (χ3n) is 6.34. The van der Waals surface area contributed by atoms with E-state index >= 15 is 0 Å². The number of nitrogens with zero attached hydrogens (tertiary/aromatic N) is 4. The van der Waals surface area contributed by atoms with Crippen LogP contribution in [0.1, 0.15) is 30.8 Å². The van der Waals surface area contributed by atoms with E-state index < -0.39 is 6.04 Å². The minimum absolute atomic E-state index is 0.174. The first-order chi connectivity index (χ1) is 18.2. The molecule has 1 N–H and O–H groups in total. The van der Waals surface area contributed by atoms with Crippen LogP contribution in [0.4, 0.5) is 10.5 Å². The number of aryl methyl sites for hydroxylation is 1. The second-order valence-corrected chi connectivity index (χ2v) is 10.3. The number of aromatic nitrogens is 2. The molecule has 1 aromatic heterocycles. The fraction of sp³-hybridized carbons (Fsp3) is 0.276. The summed E-state index contributed by atoms with van der Waals surface area (Å²) >= 11 is 12.3. The molecule has 38 heavy (non-hydrogen) atoms. The van der Waals surface area contributed by atoms with Crippen LogP contribution >= 0.6 is 23.2 Å². The maximum absolute atomic E-state index is 13.9. The molecule has 0 aliphatic heterocycles. The maximum Gasteiger partial charge on any atom is 0.322 e. The van der Waals surface area contributed by atoms with Crippen LogP contribution in [0.25, 0.3) is 16.6 Å². The van der Waals surface area contributed by atoms with E-state index in [1.807, 2.05) is 75.3 Å². The molecule has 2 amide bonds. The van der Waals surface area contributed by atoms with E-state index in [0.717, 1.165) is 5.56 Å². The molecule has 0 spiro atoms. The number of carbonyl (C=O) groups excluding carboxylic acids is 1. The number of para-hydroxylation sites is 1. The van der Waals surface area contributed by atoms with Crippen molar-refractivity contribution in [2.75, 3.05) is 32.5 Å². The van der Waals surface area contributed by atoms with Gasteiger partial charge in [0.05, 0.1) is 32.7 Å². The SMILES string of the molecule is CCC(c1nc2ccccc2c(=O)n1-c1cccc(C)c1)N(CCN(C)C)C(=O)Nc1ccc(Cl)c(Cl)c1. The summed E-state index contributed by atoms with van der Waals surface area (Å²) in [4.78, 5) is 36.3. The summed E-state index contributed by atoms with van der Waals surface area (Å²) in [5.41, 5.74) is 2.67. The van der Waals surface area contributed by atoms with E-state index in [4.69, 9.17) is 28.2 Å². The first kappa shape index (κ1) is 27.6. The normalized spacial score (nSPS) is 12.1. The third kappa shape index (κ3) is 6.01. The summed E-state index contributed by atoms with van der Waals surface area (Å²) in [6.45, 7) is 5.00. The van der Waals surface area contributed by atoms with Gasteiger partial charge >= 0.3 is 6.03 Å². The van der Waals surface area contributed by atoms with Crippen molar-refractivity contribution in [3.63, 3.8) is 0 Å². The first-order valence-electron chi connectivity index (χ1n) is 12.5. The summed E-state index contributed by atoms with van der Waals surface area (Å²) in [5, 5.41) is 4.22. The Balaban J connectivity index is 1.86. The molecule has 0 radical (unpaired) electrons. The number of nitrogens with one attached hydrogen (secondary N) is 1. The first-order valence-corrected chi connectivity index (χ1v) is 13.2. The van der Waals surface area contributed by atoms with Gasteiger partial charge in [-0.3, -0.25) is 9.36 Å². The van der Waals surface area contributed by atoms with E-state index in [1.165, 1.54) is 0 Å². The minimum Gasteiger partial charge on any atom is -0.313 e. The van der Waals surface area contributed by atoms with Crippen LogP contribution in [-0.4, -0.2) is 52.6 Å². The Morgan fingerprint density at radius 2 is 1.76 bits per heavy atom. The number of fused-ring (bicyclic) bond motifs is 1. The standard InChI is InChI=1S/C29H31Cl2N5O2/c1-5-26(35(16-15-34(3)4)29(38)32-20-13-14-23(30)24(31)18-20)27-33-25-12-7-6-11-22(25)28(37)36(27)21-10-8-9-19(2)17-21/h6-14,17-18,26H,5,15-16H2,1-4H3,(H,32,38). The number of carbonyl (C=O) groups is 1. The van der Waals surface area contributed by atoms with Crippen LogP contribution in [0, 0.1) is 6.92 Å². The number of urea groups is 1. The number of hydrogen-bond donors (Lipinski definition) is 1. The molecule has 7 nitrogen and oxygen atoms in total. The molecule has 198 valence electrons. The number of likely N-dealkylation sites (N-methyl/N-ethyl adjacent to an activating group) is 1. The van der Waals surface area contributed by atoms with Crippen LogP contribution in [0.5, 0.6) is 0 Å². The van der Waals surface area contributed by atoms with Gasteiger partial charge in [0, 0.05) is 18.8 Å². The van der Waals surface area contributed by atoms with Gasteiger partial charge in [-0.1, -0.05) is 54.4 Å². The molecule has 1 unspecified atom stereocenters. The van der Waals surface area contributed by atoms with Crippen molar-refractivity contribution >= 4 is 45.8 Å². The van der Waals surface area contributed by atoms with Gasteiger partial charge in [-0.15, -0.1) is 0 Å². The maximum atomic E-state index is 13.9. The van der Waals surface area contributed by atoms with Crippen LogP contribution < -0.4 is 10.9 Å². The van der Waals surface area contributed by atoms with Gasteiger partial charge in [-0.25, -0.2) is 9.78 Å². The Bertz CT molecular complexity index is 1520. The highest BCUT2D eigenvalue weighted by molar-refractivity contribution is 6.42. The lowest BCUT2D eigenvalue weighted by molar-refractivity contribution is 0.173. The average Bonchev–Trinajstić information content (AvgIpc) is 2.88. The van der Waals surface area contributed by atoms with Crippen LogP contribution in [0.2, 0.25) is 10.0 Å². The molecule has 9 heteroatoms. The molecule has 1 heterocycles. The summed E-state index contributed by atoms with van der Waals surface area (Å²) < 4.78 is 1.64. The summed E-state index contributed by atoms with van der Waals surface area (Å²) in [6, 6.07) is 19.2. The Morgan fingerprint density at radius 1 is 1.00 bits per heavy atom. The predicted molar refractivity (Wildman–Crippen MR) is 156 cm³/mol. The van der Waals surface area contributed by atoms with Gasteiger partial charge in [0.15, 0.2) is 0 Å². The monoisotopic (exact) mass is 551 g/mol. The quantitative estimate of drug-likeness (QED) is 0.269. The molecule has 0 aliphatic carbocycles. The van der Waals surface area contributed by atoms with Gasteiger partial charge < -0.3 is 15.1 Å². The lowest BCUT2D eigenvalue weighted by atomic mass is 10.1. The zero-order valence-corrected chi connectivity index (χ0v) is 23.4. The second-order valence-electron chi connectivity index (χ2n) is 9.45. The van der Waals surface area contributed by atoms with Crippen LogP contribution in [-0.2, 0) is 0 Å². The molecule has 0 bridgehead atoms. The molecule has 1 atom stereocenters. The molecular formula is C29H31Cl2N5O2. The highest BCUT2D eigenvalue weighted by atomic mass is 35.5. The molecule has 0 aliphatic rings. The average molecular weight is 553 g/mol. The molecular weight excluding hydrogens is 521 g/mol. The van der Waals surface area contributed by atoms with Crippen LogP contribution in [0.3, 0.4) is 0 Å². The topological polar surface area (TPSA) is 70.5 Å². The van der Waals surface area contributed by atoms with E-state index in [2.05, 4.69) is 5.32 Å². The van der Waals surface area contributed by atoms with E-state index in [1.54, 1.807) is 33.7 Å². The largest absolute Gasteiger partial charge is 0.322 e. The molecule has 0 saturated carbocycles. The smallest absolute Gasteiger partial charge is 0.313 e.